The van der Waals surface area contributed by atoms with Crippen molar-refractivity contribution in [3.05, 3.63) is 18.7 Å². The van der Waals surface area contributed by atoms with Gasteiger partial charge in [0.2, 0.25) is 5.65 Å². The van der Waals surface area contributed by atoms with Gasteiger partial charge in [0.25, 0.3) is 0 Å². The Hall–Kier alpha value is -1.69. The topological polar surface area (TPSA) is 66.5 Å². The van der Waals surface area contributed by atoms with Gasteiger partial charge in [-0.2, -0.15) is 0 Å². The molecule has 6 nitrogen and oxygen atoms in total. The zero-order valence-corrected chi connectivity index (χ0v) is 9.74. The lowest BCUT2D eigenvalue weighted by Gasteiger charge is -2.47. The number of rotatable bonds is 3. The fourth-order valence-corrected chi connectivity index (χ4v) is 2.41. The number of fused-ring (bicyclic) bond motifs is 1. The van der Waals surface area contributed by atoms with Crippen LogP contribution in [0.2, 0.25) is 0 Å². The van der Waals surface area contributed by atoms with Gasteiger partial charge in [-0.1, -0.05) is 13.3 Å². The Morgan fingerprint density at radius 2 is 2.29 bits per heavy atom. The Morgan fingerprint density at radius 1 is 1.47 bits per heavy atom. The van der Waals surface area contributed by atoms with Crippen LogP contribution in [0.15, 0.2) is 18.7 Å². The minimum absolute atomic E-state index is 0.552. The average molecular weight is 233 g/mol. The van der Waals surface area contributed by atoms with Crippen molar-refractivity contribution < 1.29 is 5.11 Å². The van der Waals surface area contributed by atoms with Gasteiger partial charge < -0.3 is 10.0 Å². The van der Waals surface area contributed by atoms with Crippen molar-refractivity contribution in [1.29, 1.82) is 0 Å². The van der Waals surface area contributed by atoms with Crippen LogP contribution in [0.1, 0.15) is 19.8 Å². The Kier molecular flexibility index (Phi) is 2.25. The first-order chi connectivity index (χ1) is 8.22. The summed E-state index contributed by atoms with van der Waals surface area (Å²) in [5.41, 5.74) is 0.189. The number of β-amino-alcohol motifs (C(OH)–C–C–N with tert-alkyl or cyclic N) is 1. The molecule has 2 aromatic heterocycles. The molecule has 0 unspecified atom stereocenters. The molecule has 17 heavy (non-hydrogen) atoms. The van der Waals surface area contributed by atoms with E-state index in [0.29, 0.717) is 13.1 Å². The van der Waals surface area contributed by atoms with E-state index >= 15 is 0 Å². The Labute approximate surface area is 98.9 Å². The molecule has 1 saturated heterocycles. The maximum atomic E-state index is 10.2. The lowest BCUT2D eigenvalue weighted by Crippen LogP contribution is -2.62. The zero-order valence-electron chi connectivity index (χ0n) is 9.74. The highest BCUT2D eigenvalue weighted by molar-refractivity contribution is 5.65. The average Bonchev–Trinajstić information content (AvgIpc) is 2.73. The molecule has 0 amide bonds. The third-order valence-electron chi connectivity index (χ3n) is 3.18. The summed E-state index contributed by atoms with van der Waals surface area (Å²) in [6, 6.07) is 0. The first-order valence-corrected chi connectivity index (χ1v) is 5.83. The molecule has 1 fully saturated rings. The summed E-state index contributed by atoms with van der Waals surface area (Å²) in [6.45, 7) is 3.33. The van der Waals surface area contributed by atoms with E-state index in [9.17, 15) is 5.11 Å². The molecule has 0 aliphatic carbocycles. The molecule has 3 heterocycles. The minimum Gasteiger partial charge on any atom is -0.386 e. The van der Waals surface area contributed by atoms with Crippen molar-refractivity contribution in [2.75, 3.05) is 18.0 Å². The van der Waals surface area contributed by atoms with Crippen LogP contribution in [0.4, 0.5) is 5.82 Å². The van der Waals surface area contributed by atoms with Gasteiger partial charge in [0.15, 0.2) is 5.82 Å². The van der Waals surface area contributed by atoms with Gasteiger partial charge in [0.1, 0.15) is 6.33 Å². The van der Waals surface area contributed by atoms with Crippen LogP contribution >= 0.6 is 0 Å². The fraction of sp³-hybridized carbons (Fsp3) is 0.545. The molecule has 0 radical (unpaired) electrons. The van der Waals surface area contributed by atoms with Crippen LogP contribution in [-0.2, 0) is 0 Å². The van der Waals surface area contributed by atoms with Gasteiger partial charge in [-0.3, -0.25) is 4.40 Å². The monoisotopic (exact) mass is 233 g/mol. The Bertz CT molecular complexity index is 531. The fourth-order valence-electron chi connectivity index (χ4n) is 2.41. The van der Waals surface area contributed by atoms with E-state index in [1.54, 1.807) is 12.5 Å². The van der Waals surface area contributed by atoms with Crippen LogP contribution in [-0.4, -0.2) is 43.4 Å². The Balaban J connectivity index is 1.85. The molecule has 1 aliphatic rings. The summed E-state index contributed by atoms with van der Waals surface area (Å²) < 4.78 is 1.83. The molecular weight excluding hydrogens is 218 g/mol. The van der Waals surface area contributed by atoms with Crippen molar-refractivity contribution in [2.24, 2.45) is 0 Å². The first-order valence-electron chi connectivity index (χ1n) is 5.83. The minimum atomic E-state index is -0.552. The predicted molar refractivity (Wildman–Crippen MR) is 62.9 cm³/mol. The number of aromatic nitrogens is 4. The van der Waals surface area contributed by atoms with E-state index in [-0.39, 0.29) is 0 Å². The van der Waals surface area contributed by atoms with Crippen LogP contribution in [0.5, 0.6) is 0 Å². The lowest BCUT2D eigenvalue weighted by atomic mass is 9.89. The molecule has 1 N–H and O–H groups in total. The van der Waals surface area contributed by atoms with E-state index < -0.39 is 5.60 Å². The van der Waals surface area contributed by atoms with Crippen LogP contribution < -0.4 is 4.90 Å². The number of hydrogen-bond donors (Lipinski definition) is 1. The van der Waals surface area contributed by atoms with Gasteiger partial charge in [0, 0.05) is 12.4 Å². The van der Waals surface area contributed by atoms with Crippen LogP contribution in [0.25, 0.3) is 5.65 Å². The maximum absolute atomic E-state index is 10.2. The molecule has 1 aliphatic heterocycles. The van der Waals surface area contributed by atoms with Gasteiger partial charge in [0.05, 0.1) is 18.7 Å². The second kappa shape index (κ2) is 3.66. The van der Waals surface area contributed by atoms with Gasteiger partial charge in [-0.25, -0.2) is 4.98 Å². The smallest absolute Gasteiger partial charge is 0.203 e. The number of aliphatic hydroxyl groups is 1. The molecule has 3 rings (SSSR count). The van der Waals surface area contributed by atoms with Crippen molar-refractivity contribution in [2.45, 2.75) is 25.4 Å². The van der Waals surface area contributed by atoms with Gasteiger partial charge in [-0.15, -0.1) is 10.2 Å². The summed E-state index contributed by atoms with van der Waals surface area (Å²) in [5.74, 6) is 0.797. The predicted octanol–water partition coefficient (Wildman–Crippen LogP) is 0.475. The van der Waals surface area contributed by atoms with Crippen LogP contribution in [0.3, 0.4) is 0 Å². The highest BCUT2D eigenvalue weighted by atomic mass is 16.3. The summed E-state index contributed by atoms with van der Waals surface area (Å²) in [5, 5.41) is 18.1. The third-order valence-corrected chi connectivity index (χ3v) is 3.18. The largest absolute Gasteiger partial charge is 0.386 e. The summed E-state index contributed by atoms with van der Waals surface area (Å²) in [7, 11) is 0. The summed E-state index contributed by atoms with van der Waals surface area (Å²) in [4.78, 5) is 6.36. The standard InChI is InChI=1S/C11H15N5O/c1-2-3-11(17)6-16(7-11)9-10-14-13-8-15(10)5-4-12-9/h4-5,8,17H,2-3,6-7H2,1H3. The highest BCUT2D eigenvalue weighted by Gasteiger charge is 2.41. The molecule has 0 bridgehead atoms. The van der Waals surface area contributed by atoms with E-state index in [1.807, 2.05) is 15.5 Å². The van der Waals surface area contributed by atoms with Crippen molar-refractivity contribution >= 4 is 11.5 Å². The van der Waals surface area contributed by atoms with Crippen molar-refractivity contribution in [1.82, 2.24) is 19.6 Å². The Morgan fingerprint density at radius 3 is 3.06 bits per heavy atom. The van der Waals surface area contributed by atoms with Crippen molar-refractivity contribution in [3.63, 3.8) is 0 Å². The summed E-state index contributed by atoms with van der Waals surface area (Å²) in [6.07, 6.45) is 7.02. The maximum Gasteiger partial charge on any atom is 0.203 e. The highest BCUT2D eigenvalue weighted by Crippen LogP contribution is 2.31. The molecule has 0 atom stereocenters. The SMILES string of the molecule is CCCC1(O)CN(c2nccn3cnnc23)C1. The van der Waals surface area contributed by atoms with E-state index in [0.717, 1.165) is 24.3 Å². The quantitative estimate of drug-likeness (QED) is 0.835. The second-order valence-electron chi connectivity index (χ2n) is 4.64. The van der Waals surface area contributed by atoms with Gasteiger partial charge in [-0.05, 0) is 6.42 Å². The van der Waals surface area contributed by atoms with E-state index in [2.05, 4.69) is 22.1 Å². The normalized spacial score (nSPS) is 18.4. The molecule has 2 aromatic rings. The first kappa shape index (κ1) is 10.5. The third kappa shape index (κ3) is 1.64. The molecule has 0 saturated carbocycles. The van der Waals surface area contributed by atoms with Crippen LogP contribution in [0, 0.1) is 0 Å². The number of anilines is 1. The molecular formula is C11H15N5O. The molecule has 6 heteroatoms. The van der Waals surface area contributed by atoms with E-state index in [4.69, 9.17) is 0 Å². The summed E-state index contributed by atoms with van der Waals surface area (Å²) >= 11 is 0. The lowest BCUT2D eigenvalue weighted by molar-refractivity contribution is 0.00306. The number of hydrogen-bond acceptors (Lipinski definition) is 5. The zero-order chi connectivity index (χ0) is 11.9. The van der Waals surface area contributed by atoms with Gasteiger partial charge >= 0.3 is 0 Å². The number of nitrogens with zero attached hydrogens (tertiary/aromatic N) is 5. The molecule has 0 aromatic carbocycles. The second-order valence-corrected chi connectivity index (χ2v) is 4.64. The molecule has 90 valence electrons. The molecule has 0 spiro atoms. The van der Waals surface area contributed by atoms with Crippen molar-refractivity contribution in [3.8, 4) is 0 Å². The van der Waals surface area contributed by atoms with E-state index in [1.165, 1.54) is 0 Å².